The number of para-hydroxylation sites is 4. The van der Waals surface area contributed by atoms with Crippen molar-refractivity contribution in [1.82, 2.24) is 19.9 Å². The van der Waals surface area contributed by atoms with E-state index in [1.165, 1.54) is 12.1 Å². The fourth-order valence-corrected chi connectivity index (χ4v) is 13.8. The molecule has 4 aromatic heterocycles. The summed E-state index contributed by atoms with van der Waals surface area (Å²) in [5.74, 6) is -1.41. The zero-order valence-corrected chi connectivity index (χ0v) is 56.7. The number of thiol groups is 1. The molecule has 8 N–H and O–H groups in total. The van der Waals surface area contributed by atoms with Gasteiger partial charge in [-0.2, -0.15) is 0 Å². The fourth-order valence-electron chi connectivity index (χ4n) is 13.6. The minimum atomic E-state index is -1.06. The first-order chi connectivity index (χ1) is 49.5. The third-order valence-electron chi connectivity index (χ3n) is 18.6. The number of hydrogen-bond donors (Lipinski definition) is 8. The second kappa shape index (κ2) is 27.1. The predicted molar refractivity (Wildman–Crippen MR) is 410 cm³/mol. The maximum absolute atomic E-state index is 13.7. The number of nitrogen functional groups attached to an aromatic ring is 1. The maximum atomic E-state index is 13.7. The summed E-state index contributed by atoms with van der Waals surface area (Å²) < 4.78 is 13.6. The van der Waals surface area contributed by atoms with Crippen molar-refractivity contribution in [3.8, 4) is 44.9 Å². The summed E-state index contributed by atoms with van der Waals surface area (Å²) in [4.78, 5) is 72.2. The molecule has 0 bridgehead atoms. The Morgan fingerprint density at radius 1 is 0.382 bits per heavy atom. The van der Waals surface area contributed by atoms with Gasteiger partial charge in [0.1, 0.15) is 22.7 Å². The van der Waals surface area contributed by atoms with Gasteiger partial charge in [-0.25, -0.2) is 9.59 Å². The summed E-state index contributed by atoms with van der Waals surface area (Å²) in [6, 6.07) is 67.3. The molecule has 17 nitrogen and oxygen atoms in total. The summed E-state index contributed by atoms with van der Waals surface area (Å²) in [6.07, 6.45) is 0. The molecular weight excluding hydrogens is 1300 g/mol. The number of aromatic carboxylic acids is 2. The minimum Gasteiger partial charge on any atom is -0.478 e. The van der Waals surface area contributed by atoms with Gasteiger partial charge in [0.2, 0.25) is 0 Å². The first kappa shape index (κ1) is 65.0. The van der Waals surface area contributed by atoms with Gasteiger partial charge < -0.3 is 46.0 Å². The molecule has 18 heteroatoms. The number of aromatic nitrogens is 4. The summed E-state index contributed by atoms with van der Waals surface area (Å²) in [6.45, 7) is 8.68. The highest BCUT2D eigenvalue weighted by Crippen LogP contribution is 2.47. The number of nitrogens with two attached hydrogens (primary N) is 1. The quantitative estimate of drug-likeness (QED) is 0.0254. The van der Waals surface area contributed by atoms with Crippen LogP contribution in [0.4, 0.5) is 28.4 Å². The van der Waals surface area contributed by atoms with Gasteiger partial charge in [-0.3, -0.25) is 29.5 Å². The van der Waals surface area contributed by atoms with Crippen molar-refractivity contribution in [2.24, 2.45) is 0 Å². The molecule has 0 amide bonds. The second-order valence-electron chi connectivity index (χ2n) is 25.2. The third kappa shape index (κ3) is 12.3. The lowest BCUT2D eigenvalue weighted by Gasteiger charge is -2.21. The van der Waals surface area contributed by atoms with Crippen LogP contribution in [0.2, 0.25) is 0 Å². The Bertz CT molecular complexity index is 5780. The van der Waals surface area contributed by atoms with E-state index < -0.39 is 11.9 Å². The Labute approximate surface area is 589 Å². The van der Waals surface area contributed by atoms with E-state index in [0.717, 1.165) is 94.7 Å². The van der Waals surface area contributed by atoms with E-state index in [4.69, 9.17) is 47.1 Å². The Hall–Kier alpha value is -12.9. The van der Waals surface area contributed by atoms with Crippen molar-refractivity contribution >= 4 is 119 Å². The van der Waals surface area contributed by atoms with Crippen LogP contribution in [0, 0.1) is 27.7 Å². The molecule has 8 aromatic carbocycles. The lowest BCUT2D eigenvalue weighted by atomic mass is 9.88. The normalized spacial score (nSPS) is 11.4. The number of carboxylic acid groups (broad SMARTS) is 2. The number of pyridine rings is 4. The summed E-state index contributed by atoms with van der Waals surface area (Å²) in [5, 5.41) is 39.8. The molecule has 4 aliphatic rings. The van der Waals surface area contributed by atoms with Crippen molar-refractivity contribution in [2.75, 3.05) is 27.0 Å². The van der Waals surface area contributed by atoms with E-state index in [0.29, 0.717) is 101 Å². The smallest absolute Gasteiger partial charge is 0.336 e. The van der Waals surface area contributed by atoms with E-state index in [9.17, 15) is 29.4 Å². The highest BCUT2D eigenvalue weighted by molar-refractivity contribution is 7.80. The first-order valence-corrected chi connectivity index (χ1v) is 33.6. The van der Waals surface area contributed by atoms with Crippen molar-refractivity contribution in [3.05, 3.63) is 295 Å². The molecule has 500 valence electrons. The monoisotopic (exact) mass is 1360 g/mol. The van der Waals surface area contributed by atoms with Crippen LogP contribution in [-0.4, -0.2) is 42.1 Å². The van der Waals surface area contributed by atoms with Crippen LogP contribution < -0.4 is 37.9 Å². The van der Waals surface area contributed by atoms with Crippen molar-refractivity contribution in [3.63, 3.8) is 0 Å². The molecule has 102 heavy (non-hydrogen) atoms. The number of nitrogens with one attached hydrogen (secondary N) is 4. The average molecular weight is 1360 g/mol. The molecule has 0 fully saturated rings. The van der Waals surface area contributed by atoms with Gasteiger partial charge in [0.25, 0.3) is 0 Å². The number of carboxylic acids is 2. The van der Waals surface area contributed by atoms with Gasteiger partial charge in [-0.05, 0) is 148 Å². The Kier molecular flexibility index (Phi) is 17.3. The highest BCUT2D eigenvalue weighted by atomic mass is 32.1. The highest BCUT2D eigenvalue weighted by Gasteiger charge is 2.29. The lowest BCUT2D eigenvalue weighted by Crippen LogP contribution is -2.15. The van der Waals surface area contributed by atoms with E-state index in [1.54, 1.807) is 60.7 Å². The van der Waals surface area contributed by atoms with E-state index in [2.05, 4.69) is 21.3 Å². The van der Waals surface area contributed by atoms with E-state index >= 15 is 0 Å². The number of aryl methyl sites for hydroxylation is 4. The van der Waals surface area contributed by atoms with Crippen LogP contribution in [0.25, 0.3) is 110 Å². The molecule has 6 heterocycles. The summed E-state index contributed by atoms with van der Waals surface area (Å²) in [5.41, 5.74) is 23.8. The molecule has 0 saturated carbocycles. The topological polar surface area (TPSA) is 261 Å². The number of fused-ring (bicyclic) bond motifs is 8. The van der Waals surface area contributed by atoms with E-state index in [1.807, 2.05) is 173 Å². The molecular formula is C84H65N9O8S. The van der Waals surface area contributed by atoms with Crippen LogP contribution in [0.3, 0.4) is 0 Å². The maximum Gasteiger partial charge on any atom is 0.336 e. The summed E-state index contributed by atoms with van der Waals surface area (Å²) in [7, 11) is 0. The third-order valence-corrected chi connectivity index (χ3v) is 19.0. The zero-order chi connectivity index (χ0) is 70.4. The Balaban J connectivity index is 0.000000165. The lowest BCUT2D eigenvalue weighted by molar-refractivity contribution is 0.0687. The molecule has 16 rings (SSSR count). The molecule has 0 spiro atoms. The van der Waals surface area contributed by atoms with Gasteiger partial charge in [-0.15, -0.1) is 12.6 Å². The Morgan fingerprint density at radius 3 is 1.11 bits per heavy atom. The van der Waals surface area contributed by atoms with Crippen molar-refractivity contribution in [2.45, 2.75) is 58.8 Å². The zero-order valence-electron chi connectivity index (χ0n) is 55.8. The van der Waals surface area contributed by atoms with Crippen LogP contribution in [0.1, 0.15) is 65.7 Å². The van der Waals surface area contributed by atoms with E-state index in [-0.39, 0.29) is 41.6 Å². The first-order valence-electron chi connectivity index (χ1n) is 33.1. The second-order valence-corrected chi connectivity index (χ2v) is 25.7. The number of hydrogen-bond acceptors (Lipinski definition) is 16. The molecule has 0 saturated heterocycles. The Morgan fingerprint density at radius 2 is 0.725 bits per heavy atom. The SMILES string of the molecule is Cc1ccc2cccc(NCc3c4oc5c(CNc6cccc7ccc(C)nc67)c(N)ccc5c(-c5ccccc5C(=O)O)c-4ccc3=O)c2n1.Cc1ccc2cccc(NCc3c4oc5c(CNc6cccc7ccc(C)nc67)c(S)ccc5c(-c5ccccc5C(=O)O)c-4ccc3=O)c2n1. The molecule has 2 aliphatic heterocycles. The molecule has 2 aliphatic carbocycles. The molecule has 0 radical (unpaired) electrons. The van der Waals surface area contributed by atoms with Gasteiger partial charge in [0, 0.05) is 125 Å². The van der Waals surface area contributed by atoms with Gasteiger partial charge in [0.05, 0.1) is 67.1 Å². The van der Waals surface area contributed by atoms with Crippen LogP contribution in [0.15, 0.2) is 242 Å². The molecule has 12 aromatic rings. The fraction of sp³-hybridized carbons (Fsp3) is 0.0952. The van der Waals surface area contributed by atoms with Crippen LogP contribution in [-0.2, 0) is 26.2 Å². The van der Waals surface area contributed by atoms with Crippen LogP contribution in [0.5, 0.6) is 0 Å². The number of carbonyl (C=O) groups is 2. The van der Waals surface area contributed by atoms with Gasteiger partial charge in [-0.1, -0.05) is 109 Å². The summed E-state index contributed by atoms with van der Waals surface area (Å²) >= 11 is 4.87. The number of benzene rings is 10. The number of anilines is 5. The number of rotatable bonds is 16. The van der Waals surface area contributed by atoms with Crippen molar-refractivity contribution < 1.29 is 28.6 Å². The van der Waals surface area contributed by atoms with Gasteiger partial charge >= 0.3 is 11.9 Å². The average Bonchev–Trinajstić information content (AvgIpc) is 0.737. The minimum absolute atomic E-state index is 0.128. The largest absolute Gasteiger partial charge is 0.478 e. The van der Waals surface area contributed by atoms with Gasteiger partial charge in [0.15, 0.2) is 10.9 Å². The standard InChI is InChI=1S/C42H33N5O4.C42H32N4O4S/c1-23-13-15-25-7-5-11-34(38(25)46-23)44-21-31-33(43)19-17-29-37(27-9-3-4-10-28(27)42(49)50)30-18-20-36(48)32(41(30)51-40(29)31)22-45-35-12-6-8-26-16-14-24(2)47-39(26)35;1-23-13-15-25-7-5-11-33(38(25)45-23)43-21-31-35(47)19-17-29-37(27-9-3-4-10-28(27)42(48)49)30-18-20-36(51)32(41(30)50-40(29)31)22-44-34-12-6-8-26-16-14-24(2)46-39(26)34/h3-20,44-45H,21-22,43H2,1-2H3,(H,49,50);3-20,43-44,51H,21-22H2,1-2H3,(H,48,49). The van der Waals surface area contributed by atoms with Crippen molar-refractivity contribution in [1.29, 1.82) is 0 Å². The molecule has 0 unspecified atom stereocenters. The molecule has 0 atom stereocenters. The predicted octanol–water partition coefficient (Wildman–Crippen LogP) is 18.3. The number of nitrogens with zero attached hydrogens (tertiary/aromatic N) is 4. The van der Waals surface area contributed by atoms with Crippen LogP contribution >= 0.6 is 12.6 Å².